The van der Waals surface area contributed by atoms with Crippen molar-refractivity contribution >= 4 is 54.3 Å². The SMILES string of the molecule is Cn1c(O)c2c(c1=O)c1cnc3cccc(c4[nH]c5ccccc5c42)c31. The van der Waals surface area contributed by atoms with Gasteiger partial charge in [-0.3, -0.25) is 14.3 Å². The molecule has 2 N–H and O–H groups in total. The minimum Gasteiger partial charge on any atom is -0.494 e. The Morgan fingerprint density at radius 3 is 2.62 bits per heavy atom. The molecule has 0 aliphatic heterocycles. The molecule has 0 saturated carbocycles. The van der Waals surface area contributed by atoms with E-state index in [0.717, 1.165) is 43.5 Å². The molecule has 3 aromatic carbocycles. The van der Waals surface area contributed by atoms with Crippen LogP contribution in [0.5, 0.6) is 5.88 Å². The molecule has 124 valence electrons. The van der Waals surface area contributed by atoms with Crippen LogP contribution in [-0.2, 0) is 7.05 Å². The molecule has 0 amide bonds. The zero-order valence-electron chi connectivity index (χ0n) is 13.9. The molecule has 6 aromatic rings. The standard InChI is InChI=1S/C21H13N3O2/c1-24-20(25)17-12-9-22-14-8-4-6-11(15(12)14)19-16(18(17)21(24)26)10-5-2-3-7-13(10)23-19/h2-9,23,26H,1H3. The third-order valence-corrected chi connectivity index (χ3v) is 5.45. The van der Waals surface area contributed by atoms with Gasteiger partial charge < -0.3 is 10.1 Å². The molecule has 0 radical (unpaired) electrons. The molecule has 0 aliphatic carbocycles. The van der Waals surface area contributed by atoms with E-state index in [4.69, 9.17) is 0 Å². The van der Waals surface area contributed by atoms with Gasteiger partial charge in [0.15, 0.2) is 0 Å². The van der Waals surface area contributed by atoms with E-state index in [1.807, 2.05) is 42.5 Å². The average molecular weight is 339 g/mol. The van der Waals surface area contributed by atoms with Gasteiger partial charge in [0.2, 0.25) is 5.88 Å². The summed E-state index contributed by atoms with van der Waals surface area (Å²) in [5.41, 5.74) is 2.52. The lowest BCUT2D eigenvalue weighted by Gasteiger charge is -1.96. The molecular formula is C21H13N3O2. The zero-order chi connectivity index (χ0) is 17.6. The van der Waals surface area contributed by atoms with Gasteiger partial charge in [-0.25, -0.2) is 0 Å². The van der Waals surface area contributed by atoms with Crippen LogP contribution in [0.15, 0.2) is 53.5 Å². The number of nitrogens with one attached hydrogen (secondary N) is 1. The number of rotatable bonds is 0. The van der Waals surface area contributed by atoms with Gasteiger partial charge in [0.1, 0.15) is 0 Å². The van der Waals surface area contributed by atoms with Gasteiger partial charge in [0, 0.05) is 45.7 Å². The van der Waals surface area contributed by atoms with Gasteiger partial charge >= 0.3 is 0 Å². The maximum atomic E-state index is 13.0. The number of H-pyrrole nitrogens is 1. The highest BCUT2D eigenvalue weighted by Gasteiger charge is 2.22. The van der Waals surface area contributed by atoms with Crippen molar-refractivity contribution < 1.29 is 5.11 Å². The Morgan fingerprint density at radius 1 is 0.923 bits per heavy atom. The van der Waals surface area contributed by atoms with E-state index in [-0.39, 0.29) is 11.4 Å². The quantitative estimate of drug-likeness (QED) is 0.439. The Bertz CT molecular complexity index is 1570. The average Bonchev–Trinajstić information content (AvgIpc) is 3.28. The van der Waals surface area contributed by atoms with Gasteiger partial charge in [-0.1, -0.05) is 30.3 Å². The highest BCUT2D eigenvalue weighted by molar-refractivity contribution is 6.34. The summed E-state index contributed by atoms with van der Waals surface area (Å²) >= 11 is 0. The first-order valence-corrected chi connectivity index (χ1v) is 8.41. The number of hydrogen-bond acceptors (Lipinski definition) is 3. The zero-order valence-corrected chi connectivity index (χ0v) is 13.9. The Kier molecular flexibility index (Phi) is 2.27. The minimum atomic E-state index is -0.209. The molecule has 26 heavy (non-hydrogen) atoms. The van der Waals surface area contributed by atoms with E-state index in [1.165, 1.54) is 4.57 Å². The number of aromatic amines is 1. The molecule has 3 heterocycles. The highest BCUT2D eigenvalue weighted by atomic mass is 16.3. The number of para-hydroxylation sites is 1. The first-order chi connectivity index (χ1) is 12.7. The van der Waals surface area contributed by atoms with Gasteiger partial charge in [-0.15, -0.1) is 0 Å². The third-order valence-electron chi connectivity index (χ3n) is 5.45. The Morgan fingerprint density at radius 2 is 1.73 bits per heavy atom. The monoisotopic (exact) mass is 339 g/mol. The van der Waals surface area contributed by atoms with Crippen LogP contribution in [0.1, 0.15) is 0 Å². The lowest BCUT2D eigenvalue weighted by atomic mass is 10.1. The van der Waals surface area contributed by atoms with Crippen LogP contribution in [0.3, 0.4) is 0 Å². The van der Waals surface area contributed by atoms with Crippen molar-refractivity contribution in [2.24, 2.45) is 7.05 Å². The van der Waals surface area contributed by atoms with Crippen molar-refractivity contribution in [1.82, 2.24) is 14.5 Å². The second kappa shape index (κ2) is 4.32. The maximum Gasteiger partial charge on any atom is 0.261 e. The fourth-order valence-electron chi connectivity index (χ4n) is 4.27. The van der Waals surface area contributed by atoms with Gasteiger partial charge in [-0.05, 0) is 12.1 Å². The number of fused-ring (bicyclic) bond motifs is 7. The molecule has 0 bridgehead atoms. The first-order valence-electron chi connectivity index (χ1n) is 8.41. The Balaban J connectivity index is 2.19. The first kappa shape index (κ1) is 13.7. The lowest BCUT2D eigenvalue weighted by Crippen LogP contribution is -2.09. The number of aromatic hydroxyl groups is 1. The van der Waals surface area contributed by atoms with Crippen LogP contribution in [0.4, 0.5) is 0 Å². The third kappa shape index (κ3) is 1.39. The lowest BCUT2D eigenvalue weighted by molar-refractivity contribution is 0.435. The molecule has 5 nitrogen and oxygen atoms in total. The van der Waals surface area contributed by atoms with E-state index in [1.54, 1.807) is 13.2 Å². The van der Waals surface area contributed by atoms with Gasteiger partial charge in [0.25, 0.3) is 5.56 Å². The topological polar surface area (TPSA) is 70.9 Å². The summed E-state index contributed by atoms with van der Waals surface area (Å²) in [6.45, 7) is 0. The van der Waals surface area contributed by atoms with Gasteiger partial charge in [-0.2, -0.15) is 0 Å². The van der Waals surface area contributed by atoms with Crippen molar-refractivity contribution in [1.29, 1.82) is 0 Å². The predicted octanol–water partition coefficient (Wildman–Crippen LogP) is 4.02. The molecular weight excluding hydrogens is 326 g/mol. The summed E-state index contributed by atoms with van der Waals surface area (Å²) in [6.07, 6.45) is 1.74. The number of benzene rings is 2. The van der Waals surface area contributed by atoms with E-state index in [2.05, 4.69) is 9.97 Å². The van der Waals surface area contributed by atoms with E-state index in [0.29, 0.717) is 10.8 Å². The maximum absolute atomic E-state index is 13.0. The molecule has 0 aliphatic rings. The van der Waals surface area contributed by atoms with E-state index < -0.39 is 0 Å². The fraction of sp³-hybridized carbons (Fsp3) is 0.0476. The normalized spacial score (nSPS) is 12.3. The molecule has 0 unspecified atom stereocenters. The summed E-state index contributed by atoms with van der Waals surface area (Å²) in [5.74, 6) is -0.0156. The summed E-state index contributed by atoms with van der Waals surface area (Å²) < 4.78 is 1.31. The molecule has 0 spiro atoms. The van der Waals surface area contributed by atoms with Crippen molar-refractivity contribution in [3.63, 3.8) is 0 Å². The van der Waals surface area contributed by atoms with Crippen LogP contribution >= 0.6 is 0 Å². The summed E-state index contributed by atoms with van der Waals surface area (Å²) in [6, 6.07) is 13.9. The molecule has 3 aromatic heterocycles. The molecule has 6 rings (SSSR count). The number of hydrogen-bond donors (Lipinski definition) is 2. The fourth-order valence-corrected chi connectivity index (χ4v) is 4.27. The van der Waals surface area contributed by atoms with Crippen molar-refractivity contribution in [2.75, 3.05) is 0 Å². The van der Waals surface area contributed by atoms with Gasteiger partial charge in [0.05, 0.1) is 21.8 Å². The smallest absolute Gasteiger partial charge is 0.261 e. The highest BCUT2D eigenvalue weighted by Crippen LogP contribution is 2.42. The predicted molar refractivity (Wildman–Crippen MR) is 104 cm³/mol. The second-order valence-corrected chi connectivity index (χ2v) is 6.73. The van der Waals surface area contributed by atoms with Crippen LogP contribution in [0.2, 0.25) is 0 Å². The molecule has 5 heteroatoms. The van der Waals surface area contributed by atoms with Crippen molar-refractivity contribution in [3.05, 3.63) is 59.0 Å². The Labute approximate surface area is 146 Å². The van der Waals surface area contributed by atoms with Crippen LogP contribution in [0, 0.1) is 0 Å². The van der Waals surface area contributed by atoms with Crippen LogP contribution in [-0.4, -0.2) is 19.6 Å². The number of aromatic nitrogens is 3. The summed E-state index contributed by atoms with van der Waals surface area (Å²) in [5, 5.41) is 16.5. The van der Waals surface area contributed by atoms with Crippen molar-refractivity contribution in [3.8, 4) is 5.88 Å². The molecule has 0 fully saturated rings. The number of nitrogens with zero attached hydrogens (tertiary/aromatic N) is 2. The largest absolute Gasteiger partial charge is 0.494 e. The van der Waals surface area contributed by atoms with E-state index in [9.17, 15) is 9.90 Å². The second-order valence-electron chi connectivity index (χ2n) is 6.73. The van der Waals surface area contributed by atoms with Crippen molar-refractivity contribution in [2.45, 2.75) is 0 Å². The molecule has 0 atom stereocenters. The minimum absolute atomic E-state index is 0.0156. The summed E-state index contributed by atoms with van der Waals surface area (Å²) in [4.78, 5) is 21.0. The summed E-state index contributed by atoms with van der Waals surface area (Å²) in [7, 11) is 1.60. The van der Waals surface area contributed by atoms with Crippen LogP contribution in [0.25, 0.3) is 54.3 Å². The molecule has 0 saturated heterocycles. The van der Waals surface area contributed by atoms with Crippen LogP contribution < -0.4 is 5.56 Å². The van der Waals surface area contributed by atoms with E-state index >= 15 is 0 Å². The Hall–Kier alpha value is -3.60.